The van der Waals surface area contributed by atoms with E-state index in [4.69, 9.17) is 11.6 Å². The Morgan fingerprint density at radius 3 is 2.46 bits per heavy atom. The fourth-order valence-electron chi connectivity index (χ4n) is 2.60. The highest BCUT2D eigenvalue weighted by Gasteiger charge is 2.32. The summed E-state index contributed by atoms with van der Waals surface area (Å²) in [5.74, 6) is -0.668. The molecule has 3 aromatic rings. The number of alkyl halides is 3. The zero-order valence-corrected chi connectivity index (χ0v) is 15.2. The lowest BCUT2D eigenvalue weighted by Crippen LogP contribution is -2.15. The highest BCUT2D eigenvalue weighted by Crippen LogP contribution is 2.32. The number of carbonyl (C=O) groups is 2. The first-order valence-electron chi connectivity index (χ1n) is 8.03. The Labute approximate surface area is 162 Å². The predicted octanol–water partition coefficient (Wildman–Crippen LogP) is 4.15. The minimum atomic E-state index is -4.54. The zero-order chi connectivity index (χ0) is 20.5. The van der Waals surface area contributed by atoms with Crippen molar-refractivity contribution in [2.75, 3.05) is 10.6 Å². The summed E-state index contributed by atoms with van der Waals surface area (Å²) in [5.41, 5.74) is 0.456. The molecule has 0 bridgehead atoms. The Morgan fingerprint density at radius 2 is 1.82 bits per heavy atom. The number of halogens is 4. The Bertz CT molecular complexity index is 1060. The Kier molecular flexibility index (Phi) is 5.28. The number of aromatic nitrogens is 2. The van der Waals surface area contributed by atoms with Crippen molar-refractivity contribution in [2.45, 2.75) is 19.5 Å². The highest BCUT2D eigenvalue weighted by atomic mass is 35.5. The number of anilines is 2. The highest BCUT2D eigenvalue weighted by molar-refractivity contribution is 6.33. The van der Waals surface area contributed by atoms with Gasteiger partial charge in [0.25, 0.3) is 0 Å². The van der Waals surface area contributed by atoms with Gasteiger partial charge in [-0.2, -0.15) is 13.2 Å². The third kappa shape index (κ3) is 4.61. The normalized spacial score (nSPS) is 11.5. The van der Waals surface area contributed by atoms with E-state index in [-0.39, 0.29) is 28.7 Å². The third-order valence-corrected chi connectivity index (χ3v) is 3.97. The second-order valence-corrected chi connectivity index (χ2v) is 6.43. The molecule has 6 nitrogen and oxygen atoms in total. The number of nitrogens with zero attached hydrogens (tertiary/aromatic N) is 2. The molecule has 0 aliphatic carbocycles. The van der Waals surface area contributed by atoms with Gasteiger partial charge in [-0.25, -0.2) is 4.98 Å². The minimum Gasteiger partial charge on any atom is -0.326 e. The topological polar surface area (TPSA) is 75.5 Å². The number of nitrogens with one attached hydrogen (secondary N) is 2. The number of imidazole rings is 1. The van der Waals surface area contributed by atoms with Crippen LogP contribution in [0.5, 0.6) is 0 Å². The second-order valence-electron chi connectivity index (χ2n) is 6.02. The minimum absolute atomic E-state index is 0.130. The van der Waals surface area contributed by atoms with E-state index >= 15 is 0 Å². The molecule has 2 amide bonds. The number of benzene rings is 1. The van der Waals surface area contributed by atoms with Crippen LogP contribution >= 0.6 is 11.6 Å². The molecular weight excluding hydrogens is 397 g/mol. The van der Waals surface area contributed by atoms with Crippen molar-refractivity contribution in [1.82, 2.24) is 9.38 Å². The summed E-state index contributed by atoms with van der Waals surface area (Å²) in [5, 5.41) is 5.08. The summed E-state index contributed by atoms with van der Waals surface area (Å²) in [7, 11) is 0. The van der Waals surface area contributed by atoms with Crippen LogP contribution in [-0.4, -0.2) is 21.2 Å². The molecule has 0 unspecified atom stereocenters. The van der Waals surface area contributed by atoms with Gasteiger partial charge >= 0.3 is 6.18 Å². The van der Waals surface area contributed by atoms with E-state index in [1.54, 1.807) is 24.3 Å². The second kappa shape index (κ2) is 7.51. The van der Waals surface area contributed by atoms with Crippen LogP contribution in [0.4, 0.5) is 24.5 Å². The number of carbonyl (C=O) groups excluding carboxylic acids is 2. The van der Waals surface area contributed by atoms with Gasteiger partial charge in [0.2, 0.25) is 11.8 Å². The van der Waals surface area contributed by atoms with Crippen LogP contribution in [0.2, 0.25) is 5.02 Å². The molecule has 0 saturated carbocycles. The number of hydrogen-bond donors (Lipinski definition) is 2. The first-order chi connectivity index (χ1) is 13.1. The van der Waals surface area contributed by atoms with Crippen LogP contribution in [0, 0.1) is 0 Å². The summed E-state index contributed by atoms with van der Waals surface area (Å²) < 4.78 is 39.8. The standard InChI is InChI=1S/C18H14ClF3N4O2/c1-10(27)23-12-3-2-4-13(6-12)24-16(28)7-14-9-26-8-11(18(20,21)22)5-15(19)17(26)25-14/h2-6,8-9H,7H2,1H3,(H,23,27)(H,24,28). The maximum atomic E-state index is 12.9. The Balaban J connectivity index is 1.76. The van der Waals surface area contributed by atoms with Crippen LogP contribution in [0.15, 0.2) is 42.7 Å². The van der Waals surface area contributed by atoms with Crippen molar-refractivity contribution in [1.29, 1.82) is 0 Å². The van der Waals surface area contributed by atoms with Crippen LogP contribution in [0.1, 0.15) is 18.2 Å². The van der Waals surface area contributed by atoms with Crippen LogP contribution < -0.4 is 10.6 Å². The number of rotatable bonds is 4. The molecule has 3 rings (SSSR count). The van der Waals surface area contributed by atoms with Gasteiger partial charge in [-0.15, -0.1) is 0 Å². The smallest absolute Gasteiger partial charge is 0.326 e. The van der Waals surface area contributed by atoms with Gasteiger partial charge in [-0.3, -0.25) is 9.59 Å². The van der Waals surface area contributed by atoms with Gasteiger partial charge in [-0.05, 0) is 24.3 Å². The molecule has 2 aromatic heterocycles. The quantitative estimate of drug-likeness (QED) is 0.678. The maximum absolute atomic E-state index is 12.9. The molecule has 0 fully saturated rings. The van der Waals surface area contributed by atoms with Crippen molar-refractivity contribution in [3.63, 3.8) is 0 Å². The van der Waals surface area contributed by atoms with Gasteiger partial charge in [0, 0.05) is 30.7 Å². The fraction of sp³-hybridized carbons (Fsp3) is 0.167. The molecule has 2 N–H and O–H groups in total. The molecule has 2 heterocycles. The van der Waals surface area contributed by atoms with E-state index in [2.05, 4.69) is 15.6 Å². The van der Waals surface area contributed by atoms with Gasteiger partial charge in [-0.1, -0.05) is 17.7 Å². The van der Waals surface area contributed by atoms with E-state index in [0.717, 1.165) is 16.7 Å². The lowest BCUT2D eigenvalue weighted by atomic mass is 10.2. The summed E-state index contributed by atoms with van der Waals surface area (Å²) in [6.45, 7) is 1.37. The molecule has 0 spiro atoms. The molecular formula is C18H14ClF3N4O2. The lowest BCUT2D eigenvalue weighted by Gasteiger charge is -2.07. The summed E-state index contributed by atoms with van der Waals surface area (Å²) in [6, 6.07) is 7.33. The van der Waals surface area contributed by atoms with E-state index in [9.17, 15) is 22.8 Å². The molecule has 0 aliphatic heterocycles. The molecule has 1 aromatic carbocycles. The van der Waals surface area contributed by atoms with Gasteiger partial charge in [0.15, 0.2) is 5.65 Å². The van der Waals surface area contributed by atoms with Gasteiger partial charge in [0.05, 0.1) is 22.7 Å². The molecule has 10 heteroatoms. The first kappa shape index (κ1) is 19.7. The first-order valence-corrected chi connectivity index (χ1v) is 8.41. The van der Waals surface area contributed by atoms with Crippen molar-refractivity contribution < 1.29 is 22.8 Å². The monoisotopic (exact) mass is 410 g/mol. The van der Waals surface area contributed by atoms with Crippen LogP contribution in [0.3, 0.4) is 0 Å². The van der Waals surface area contributed by atoms with E-state index in [1.807, 2.05) is 0 Å². The lowest BCUT2D eigenvalue weighted by molar-refractivity contribution is -0.137. The number of pyridine rings is 1. The van der Waals surface area contributed by atoms with Crippen molar-refractivity contribution in [3.05, 3.63) is 59.0 Å². The number of fused-ring (bicyclic) bond motifs is 1. The predicted molar refractivity (Wildman–Crippen MR) is 98.3 cm³/mol. The summed E-state index contributed by atoms with van der Waals surface area (Å²) in [4.78, 5) is 27.5. The van der Waals surface area contributed by atoms with Gasteiger partial charge < -0.3 is 15.0 Å². The van der Waals surface area contributed by atoms with E-state index in [0.29, 0.717) is 11.4 Å². The van der Waals surface area contributed by atoms with Crippen LogP contribution in [0.25, 0.3) is 5.65 Å². The molecule has 0 aliphatic rings. The largest absolute Gasteiger partial charge is 0.417 e. The molecule has 0 saturated heterocycles. The van der Waals surface area contributed by atoms with Gasteiger partial charge in [0.1, 0.15) is 0 Å². The summed E-state index contributed by atoms with van der Waals surface area (Å²) in [6.07, 6.45) is -2.52. The zero-order valence-electron chi connectivity index (χ0n) is 14.5. The SMILES string of the molecule is CC(=O)Nc1cccc(NC(=O)Cc2cn3cc(C(F)(F)F)cc(Cl)c3n2)c1. The van der Waals surface area contributed by atoms with E-state index in [1.165, 1.54) is 13.1 Å². The maximum Gasteiger partial charge on any atom is 0.417 e. The molecule has 146 valence electrons. The van der Waals surface area contributed by atoms with Crippen molar-refractivity contribution in [3.8, 4) is 0 Å². The molecule has 28 heavy (non-hydrogen) atoms. The van der Waals surface area contributed by atoms with Crippen molar-refractivity contribution in [2.24, 2.45) is 0 Å². The van der Waals surface area contributed by atoms with E-state index < -0.39 is 17.6 Å². The fourth-order valence-corrected chi connectivity index (χ4v) is 2.85. The number of amides is 2. The summed E-state index contributed by atoms with van der Waals surface area (Å²) >= 11 is 5.89. The average Bonchev–Trinajstić information content (AvgIpc) is 2.96. The molecule has 0 radical (unpaired) electrons. The Morgan fingerprint density at radius 1 is 1.14 bits per heavy atom. The van der Waals surface area contributed by atoms with Crippen molar-refractivity contribution >= 4 is 40.4 Å². The Hall–Kier alpha value is -3.07. The average molecular weight is 411 g/mol. The third-order valence-electron chi connectivity index (χ3n) is 3.69. The van der Waals surface area contributed by atoms with Crippen LogP contribution in [-0.2, 0) is 22.2 Å². The molecule has 0 atom stereocenters. The number of hydrogen-bond acceptors (Lipinski definition) is 3.